The fraction of sp³-hybridized carbons (Fsp3) is 0.273. The van der Waals surface area contributed by atoms with Crippen LogP contribution in [-0.2, 0) is 11.3 Å². The lowest BCUT2D eigenvalue weighted by Crippen LogP contribution is -2.48. The Bertz CT molecular complexity index is 956. The van der Waals surface area contributed by atoms with Gasteiger partial charge in [0.2, 0.25) is 11.9 Å². The first kappa shape index (κ1) is 18.9. The second kappa shape index (κ2) is 8.68. The van der Waals surface area contributed by atoms with Crippen molar-refractivity contribution in [3.05, 3.63) is 66.5 Å². The molecule has 0 aliphatic carbocycles. The highest BCUT2D eigenvalue weighted by atomic mass is 16.2. The second-order valence-electron chi connectivity index (χ2n) is 7.01. The van der Waals surface area contributed by atoms with Crippen LogP contribution < -0.4 is 10.2 Å². The third-order valence-electron chi connectivity index (χ3n) is 5.01. The van der Waals surface area contributed by atoms with Crippen LogP contribution in [0.5, 0.6) is 0 Å². The molecule has 7 heteroatoms. The molecule has 0 radical (unpaired) electrons. The quantitative estimate of drug-likeness (QED) is 0.725. The monoisotopic (exact) mass is 388 g/mol. The van der Waals surface area contributed by atoms with Gasteiger partial charge in [0.25, 0.3) is 0 Å². The molecule has 1 N–H and O–H groups in total. The van der Waals surface area contributed by atoms with Crippen LogP contribution in [0, 0.1) is 0 Å². The van der Waals surface area contributed by atoms with E-state index in [4.69, 9.17) is 9.97 Å². The molecule has 0 unspecified atom stereocenters. The number of aromatic nitrogens is 3. The Kier molecular flexibility index (Phi) is 5.65. The molecule has 1 aromatic carbocycles. The summed E-state index contributed by atoms with van der Waals surface area (Å²) in [5, 5.41) is 3.41. The lowest BCUT2D eigenvalue weighted by Gasteiger charge is -2.34. The zero-order valence-electron chi connectivity index (χ0n) is 16.5. The number of carbonyl (C=O) groups excluding carboxylic acids is 1. The second-order valence-corrected chi connectivity index (χ2v) is 7.01. The highest BCUT2D eigenvalue weighted by molar-refractivity contribution is 5.73. The molecule has 1 saturated heterocycles. The number of benzene rings is 1. The zero-order chi connectivity index (χ0) is 20.1. The fourth-order valence-electron chi connectivity index (χ4n) is 3.34. The first-order chi connectivity index (χ1) is 14.2. The molecule has 1 amide bonds. The Morgan fingerprint density at radius 1 is 1.00 bits per heavy atom. The van der Waals surface area contributed by atoms with Gasteiger partial charge in [0.15, 0.2) is 0 Å². The molecular weight excluding hydrogens is 364 g/mol. The Balaban J connectivity index is 1.59. The highest BCUT2D eigenvalue weighted by Crippen LogP contribution is 2.24. The Morgan fingerprint density at radius 2 is 1.72 bits per heavy atom. The Morgan fingerprint density at radius 3 is 2.41 bits per heavy atom. The van der Waals surface area contributed by atoms with Crippen molar-refractivity contribution in [3.8, 4) is 11.3 Å². The van der Waals surface area contributed by atoms with Gasteiger partial charge in [-0.1, -0.05) is 30.3 Å². The number of piperazine rings is 1. The largest absolute Gasteiger partial charge is 0.366 e. The van der Waals surface area contributed by atoms with Crippen molar-refractivity contribution in [3.63, 3.8) is 0 Å². The molecule has 2 aromatic heterocycles. The number of rotatable bonds is 5. The van der Waals surface area contributed by atoms with Crippen molar-refractivity contribution in [2.45, 2.75) is 13.5 Å². The van der Waals surface area contributed by atoms with E-state index in [9.17, 15) is 4.79 Å². The topological polar surface area (TPSA) is 74.2 Å². The van der Waals surface area contributed by atoms with Gasteiger partial charge in [0.1, 0.15) is 5.82 Å². The standard InChI is InChI=1S/C22H24N6O/c1-17(29)27-11-13-28(14-12-27)22-25-20(19-5-3-2-4-6-19)15-21(26-22)24-16-18-7-9-23-10-8-18/h2-10,15H,11-14,16H2,1H3,(H,24,25,26). The molecule has 1 fully saturated rings. The van der Waals surface area contributed by atoms with Crippen LogP contribution >= 0.6 is 0 Å². The van der Waals surface area contributed by atoms with E-state index in [1.54, 1.807) is 19.3 Å². The normalized spacial score (nSPS) is 14.0. The van der Waals surface area contributed by atoms with Crippen molar-refractivity contribution in [2.24, 2.45) is 0 Å². The smallest absolute Gasteiger partial charge is 0.227 e. The molecule has 4 rings (SSSR count). The van der Waals surface area contributed by atoms with Crippen LogP contribution in [0.4, 0.5) is 11.8 Å². The predicted molar refractivity (Wildman–Crippen MR) is 113 cm³/mol. The number of nitrogens with one attached hydrogen (secondary N) is 1. The van der Waals surface area contributed by atoms with Crippen LogP contribution in [-0.4, -0.2) is 51.9 Å². The van der Waals surface area contributed by atoms with Crippen LogP contribution in [0.1, 0.15) is 12.5 Å². The van der Waals surface area contributed by atoms with Gasteiger partial charge in [-0.2, -0.15) is 4.98 Å². The number of pyridine rings is 1. The first-order valence-electron chi connectivity index (χ1n) is 9.77. The van der Waals surface area contributed by atoms with Crippen LogP contribution in [0.2, 0.25) is 0 Å². The minimum atomic E-state index is 0.114. The zero-order valence-corrected chi connectivity index (χ0v) is 16.5. The van der Waals surface area contributed by atoms with Crippen molar-refractivity contribution in [1.29, 1.82) is 0 Å². The van der Waals surface area contributed by atoms with Crippen molar-refractivity contribution < 1.29 is 4.79 Å². The average Bonchev–Trinajstić information content (AvgIpc) is 2.79. The molecule has 7 nitrogen and oxygen atoms in total. The molecule has 1 aliphatic heterocycles. The molecule has 148 valence electrons. The number of nitrogens with zero attached hydrogens (tertiary/aromatic N) is 5. The van der Waals surface area contributed by atoms with Crippen molar-refractivity contribution in [1.82, 2.24) is 19.9 Å². The van der Waals surface area contributed by atoms with Gasteiger partial charge >= 0.3 is 0 Å². The van der Waals surface area contributed by atoms with Gasteiger partial charge in [0.05, 0.1) is 5.69 Å². The van der Waals surface area contributed by atoms with Crippen molar-refractivity contribution >= 4 is 17.7 Å². The van der Waals surface area contributed by atoms with Crippen LogP contribution in [0.3, 0.4) is 0 Å². The minimum absolute atomic E-state index is 0.114. The maximum Gasteiger partial charge on any atom is 0.227 e. The van der Waals surface area contributed by atoms with E-state index in [0.29, 0.717) is 25.6 Å². The number of anilines is 2. The molecular formula is C22H24N6O. The summed E-state index contributed by atoms with van der Waals surface area (Å²) in [7, 11) is 0. The molecule has 0 bridgehead atoms. The summed E-state index contributed by atoms with van der Waals surface area (Å²) in [6, 6.07) is 16.0. The summed E-state index contributed by atoms with van der Waals surface area (Å²) >= 11 is 0. The summed E-state index contributed by atoms with van der Waals surface area (Å²) in [5.41, 5.74) is 3.06. The van der Waals surface area contributed by atoms with E-state index in [0.717, 1.165) is 35.7 Å². The lowest BCUT2D eigenvalue weighted by atomic mass is 10.1. The van der Waals surface area contributed by atoms with E-state index < -0.39 is 0 Å². The number of carbonyl (C=O) groups is 1. The van der Waals surface area contributed by atoms with Crippen LogP contribution in [0.15, 0.2) is 60.9 Å². The maximum absolute atomic E-state index is 11.6. The summed E-state index contributed by atoms with van der Waals surface area (Å²) in [6.07, 6.45) is 3.57. The van der Waals surface area contributed by atoms with E-state index in [1.165, 1.54) is 0 Å². The van der Waals surface area contributed by atoms with Crippen molar-refractivity contribution in [2.75, 3.05) is 36.4 Å². The molecule has 29 heavy (non-hydrogen) atoms. The molecule has 0 spiro atoms. The number of hydrogen-bond donors (Lipinski definition) is 1. The van der Waals surface area contributed by atoms with Crippen LogP contribution in [0.25, 0.3) is 11.3 Å². The van der Waals surface area contributed by atoms with Gasteiger partial charge in [-0.15, -0.1) is 0 Å². The fourth-order valence-corrected chi connectivity index (χ4v) is 3.34. The van der Waals surface area contributed by atoms with Gasteiger partial charge in [-0.3, -0.25) is 9.78 Å². The van der Waals surface area contributed by atoms with E-state index in [-0.39, 0.29) is 5.91 Å². The van der Waals surface area contributed by atoms with E-state index in [1.807, 2.05) is 53.4 Å². The molecule has 0 saturated carbocycles. The molecule has 3 aromatic rings. The average molecular weight is 388 g/mol. The number of hydrogen-bond acceptors (Lipinski definition) is 6. The SMILES string of the molecule is CC(=O)N1CCN(c2nc(NCc3ccncc3)cc(-c3ccccc3)n2)CC1. The molecule has 3 heterocycles. The third kappa shape index (κ3) is 4.68. The Labute approximate surface area is 170 Å². The number of amides is 1. The van der Waals surface area contributed by atoms with Gasteiger partial charge < -0.3 is 15.1 Å². The lowest BCUT2D eigenvalue weighted by molar-refractivity contribution is -0.129. The predicted octanol–water partition coefficient (Wildman–Crippen LogP) is 2.82. The Hall–Kier alpha value is -3.48. The third-order valence-corrected chi connectivity index (χ3v) is 5.01. The molecule has 0 atom stereocenters. The van der Waals surface area contributed by atoms with Gasteiger partial charge in [-0.25, -0.2) is 4.98 Å². The first-order valence-corrected chi connectivity index (χ1v) is 9.77. The van der Waals surface area contributed by atoms with Gasteiger partial charge in [0, 0.05) is 63.7 Å². The summed E-state index contributed by atoms with van der Waals surface area (Å²) < 4.78 is 0. The summed E-state index contributed by atoms with van der Waals surface area (Å²) in [4.78, 5) is 29.2. The highest BCUT2D eigenvalue weighted by Gasteiger charge is 2.21. The van der Waals surface area contributed by atoms with E-state index in [2.05, 4.69) is 15.2 Å². The molecule has 1 aliphatic rings. The minimum Gasteiger partial charge on any atom is -0.366 e. The van der Waals surface area contributed by atoms with E-state index >= 15 is 0 Å². The summed E-state index contributed by atoms with van der Waals surface area (Å²) in [6.45, 7) is 5.10. The maximum atomic E-state index is 11.6. The van der Waals surface area contributed by atoms with Gasteiger partial charge in [-0.05, 0) is 17.7 Å². The summed E-state index contributed by atoms with van der Waals surface area (Å²) in [5.74, 6) is 1.58.